The second-order valence-electron chi connectivity index (χ2n) is 6.29. The van der Waals surface area contributed by atoms with Crippen LogP contribution in [0.1, 0.15) is 17.5 Å². The fraction of sp³-hybridized carbons (Fsp3) is 0.368. The van der Waals surface area contributed by atoms with E-state index in [0.717, 1.165) is 11.1 Å². The Morgan fingerprint density at radius 3 is 2.36 bits per heavy atom. The van der Waals surface area contributed by atoms with Gasteiger partial charge in [0, 0.05) is 45.0 Å². The highest BCUT2D eigenvalue weighted by atomic mass is 19.1. The summed E-state index contributed by atoms with van der Waals surface area (Å²) >= 11 is 0. The Morgan fingerprint density at radius 2 is 1.72 bits per heavy atom. The summed E-state index contributed by atoms with van der Waals surface area (Å²) in [6, 6.07) is 8.24. The maximum Gasteiger partial charge on any atom is 0.227 e. The quantitative estimate of drug-likeness (QED) is 0.903. The molecule has 25 heavy (non-hydrogen) atoms. The van der Waals surface area contributed by atoms with Gasteiger partial charge >= 0.3 is 0 Å². The van der Waals surface area contributed by atoms with Crippen LogP contribution in [-0.2, 0) is 22.4 Å². The first kappa shape index (κ1) is 17.2. The van der Waals surface area contributed by atoms with E-state index in [-0.39, 0.29) is 17.6 Å². The molecule has 0 aliphatic carbocycles. The summed E-state index contributed by atoms with van der Waals surface area (Å²) in [6.07, 6.45) is 4.91. The van der Waals surface area contributed by atoms with Gasteiger partial charge in [0.05, 0.1) is 6.42 Å². The summed E-state index contributed by atoms with van der Waals surface area (Å²) in [5, 5.41) is 0. The molecule has 0 bridgehead atoms. The Hall–Kier alpha value is -2.63. The number of nitrogens with zero attached hydrogens (tertiary/aromatic N) is 2. The molecule has 1 N–H and O–H groups in total. The first-order valence-electron chi connectivity index (χ1n) is 8.53. The molecule has 5 nitrogen and oxygen atoms in total. The zero-order chi connectivity index (χ0) is 17.6. The molecule has 0 saturated carbocycles. The molecular formula is C19H22FN3O2. The summed E-state index contributed by atoms with van der Waals surface area (Å²) in [5.74, 6) is -0.132. The average molecular weight is 343 g/mol. The lowest BCUT2D eigenvalue weighted by Gasteiger charge is -2.35. The van der Waals surface area contributed by atoms with Crippen molar-refractivity contribution in [3.63, 3.8) is 0 Å². The van der Waals surface area contributed by atoms with Crippen LogP contribution >= 0.6 is 0 Å². The van der Waals surface area contributed by atoms with E-state index in [9.17, 15) is 14.0 Å². The van der Waals surface area contributed by atoms with Crippen LogP contribution in [0.3, 0.4) is 0 Å². The van der Waals surface area contributed by atoms with Crippen molar-refractivity contribution < 1.29 is 14.0 Å². The predicted molar refractivity (Wildman–Crippen MR) is 92.4 cm³/mol. The number of piperazine rings is 1. The number of aromatic nitrogens is 1. The number of aromatic amines is 1. The number of carbonyl (C=O) groups is 2. The van der Waals surface area contributed by atoms with Crippen molar-refractivity contribution in [1.29, 1.82) is 0 Å². The summed E-state index contributed by atoms with van der Waals surface area (Å²) < 4.78 is 13.2. The highest BCUT2D eigenvalue weighted by molar-refractivity contribution is 5.80. The molecule has 3 rings (SSSR count). The number of halogens is 1. The molecular weight excluding hydrogens is 321 g/mol. The molecule has 2 aromatic rings. The minimum atomic E-state index is -0.278. The fourth-order valence-corrected chi connectivity index (χ4v) is 3.06. The highest BCUT2D eigenvalue weighted by Crippen LogP contribution is 2.11. The summed E-state index contributed by atoms with van der Waals surface area (Å²) in [7, 11) is 0. The minimum Gasteiger partial charge on any atom is -0.367 e. The highest BCUT2D eigenvalue weighted by Gasteiger charge is 2.23. The van der Waals surface area contributed by atoms with Crippen molar-refractivity contribution in [2.24, 2.45) is 0 Å². The topological polar surface area (TPSA) is 56.4 Å². The van der Waals surface area contributed by atoms with Gasteiger partial charge in [-0.3, -0.25) is 9.59 Å². The van der Waals surface area contributed by atoms with Gasteiger partial charge in [-0.05, 0) is 35.7 Å². The Labute approximate surface area is 146 Å². The number of amides is 2. The molecule has 2 amide bonds. The van der Waals surface area contributed by atoms with E-state index in [1.54, 1.807) is 17.2 Å². The molecule has 2 heterocycles. The van der Waals surface area contributed by atoms with Gasteiger partial charge in [-0.15, -0.1) is 0 Å². The number of aryl methyl sites for hydroxylation is 1. The third-order valence-corrected chi connectivity index (χ3v) is 4.52. The summed E-state index contributed by atoms with van der Waals surface area (Å²) in [4.78, 5) is 31.1. The third kappa shape index (κ3) is 4.68. The summed E-state index contributed by atoms with van der Waals surface area (Å²) in [5.41, 5.74) is 1.80. The van der Waals surface area contributed by atoms with Gasteiger partial charge in [0.25, 0.3) is 0 Å². The predicted octanol–water partition coefficient (Wildman–Crippen LogP) is 2.00. The molecule has 0 radical (unpaired) electrons. The Morgan fingerprint density at radius 1 is 1.00 bits per heavy atom. The zero-order valence-corrected chi connectivity index (χ0v) is 14.1. The number of carbonyl (C=O) groups excluding carboxylic acids is 2. The lowest BCUT2D eigenvalue weighted by Crippen LogP contribution is -2.51. The van der Waals surface area contributed by atoms with Crippen molar-refractivity contribution in [2.45, 2.75) is 19.3 Å². The van der Waals surface area contributed by atoms with Gasteiger partial charge in [0.1, 0.15) is 5.82 Å². The molecule has 1 fully saturated rings. The Balaban J connectivity index is 1.43. The van der Waals surface area contributed by atoms with Crippen LogP contribution in [0.15, 0.2) is 42.7 Å². The SMILES string of the molecule is O=C(CCc1cccc(F)c1)N1CCN(C(=O)Cc2cc[nH]c2)CC1. The Kier molecular flexibility index (Phi) is 5.48. The standard InChI is InChI=1S/C19H22FN3O2/c20-17-3-1-2-15(12-17)4-5-18(24)22-8-10-23(11-9-22)19(25)13-16-6-7-21-14-16/h1-3,6-7,12,14,21H,4-5,8-11,13H2. The second kappa shape index (κ2) is 7.96. The minimum absolute atomic E-state index is 0.0574. The maximum absolute atomic E-state index is 13.2. The number of hydrogen-bond donors (Lipinski definition) is 1. The van der Waals surface area contributed by atoms with E-state index in [0.29, 0.717) is 45.4 Å². The van der Waals surface area contributed by atoms with E-state index in [1.807, 2.05) is 23.2 Å². The molecule has 0 atom stereocenters. The molecule has 6 heteroatoms. The van der Waals surface area contributed by atoms with Crippen molar-refractivity contribution >= 4 is 11.8 Å². The fourth-order valence-electron chi connectivity index (χ4n) is 3.06. The van der Waals surface area contributed by atoms with E-state index >= 15 is 0 Å². The van der Waals surface area contributed by atoms with Crippen LogP contribution in [0, 0.1) is 5.82 Å². The van der Waals surface area contributed by atoms with Crippen LogP contribution in [-0.4, -0.2) is 52.8 Å². The first-order valence-corrected chi connectivity index (χ1v) is 8.53. The number of rotatable bonds is 5. The van der Waals surface area contributed by atoms with Gasteiger partial charge in [0.2, 0.25) is 11.8 Å². The number of hydrogen-bond acceptors (Lipinski definition) is 2. The number of nitrogens with one attached hydrogen (secondary N) is 1. The molecule has 1 saturated heterocycles. The van der Waals surface area contributed by atoms with E-state index in [2.05, 4.69) is 4.98 Å². The van der Waals surface area contributed by atoms with E-state index < -0.39 is 0 Å². The largest absolute Gasteiger partial charge is 0.367 e. The van der Waals surface area contributed by atoms with Gasteiger partial charge in [-0.2, -0.15) is 0 Å². The normalized spacial score (nSPS) is 14.6. The van der Waals surface area contributed by atoms with E-state index in [1.165, 1.54) is 12.1 Å². The molecule has 1 aliphatic heterocycles. The van der Waals surface area contributed by atoms with Gasteiger partial charge < -0.3 is 14.8 Å². The number of benzene rings is 1. The third-order valence-electron chi connectivity index (χ3n) is 4.52. The Bertz CT molecular complexity index is 722. The molecule has 1 aliphatic rings. The monoisotopic (exact) mass is 343 g/mol. The van der Waals surface area contributed by atoms with Gasteiger partial charge in [-0.25, -0.2) is 4.39 Å². The van der Waals surface area contributed by atoms with Crippen molar-refractivity contribution in [3.05, 3.63) is 59.7 Å². The van der Waals surface area contributed by atoms with Crippen LogP contribution in [0.4, 0.5) is 4.39 Å². The van der Waals surface area contributed by atoms with Crippen molar-refractivity contribution in [3.8, 4) is 0 Å². The molecule has 1 aromatic carbocycles. The van der Waals surface area contributed by atoms with Gasteiger partial charge in [-0.1, -0.05) is 12.1 Å². The van der Waals surface area contributed by atoms with E-state index in [4.69, 9.17) is 0 Å². The number of H-pyrrole nitrogens is 1. The molecule has 132 valence electrons. The second-order valence-corrected chi connectivity index (χ2v) is 6.29. The van der Waals surface area contributed by atoms with Crippen LogP contribution in [0.2, 0.25) is 0 Å². The van der Waals surface area contributed by atoms with Crippen molar-refractivity contribution in [1.82, 2.24) is 14.8 Å². The average Bonchev–Trinajstić information content (AvgIpc) is 3.13. The smallest absolute Gasteiger partial charge is 0.227 e. The lowest BCUT2D eigenvalue weighted by molar-refractivity contribution is -0.139. The molecule has 0 spiro atoms. The molecule has 1 aromatic heterocycles. The van der Waals surface area contributed by atoms with Crippen molar-refractivity contribution in [2.75, 3.05) is 26.2 Å². The van der Waals surface area contributed by atoms with Crippen LogP contribution in [0.25, 0.3) is 0 Å². The maximum atomic E-state index is 13.2. The van der Waals surface area contributed by atoms with Crippen LogP contribution in [0.5, 0.6) is 0 Å². The summed E-state index contributed by atoms with van der Waals surface area (Å²) in [6.45, 7) is 2.24. The molecule has 0 unspecified atom stereocenters. The first-order chi connectivity index (χ1) is 12.1. The van der Waals surface area contributed by atoms with Gasteiger partial charge in [0.15, 0.2) is 0 Å². The lowest BCUT2D eigenvalue weighted by atomic mass is 10.1. The zero-order valence-electron chi connectivity index (χ0n) is 14.1. The van der Waals surface area contributed by atoms with Crippen LogP contribution < -0.4 is 0 Å².